The molecule has 108 valence electrons. The van der Waals surface area contributed by atoms with Crippen LogP contribution < -0.4 is 10.2 Å². The van der Waals surface area contributed by atoms with Gasteiger partial charge in [-0.2, -0.15) is 0 Å². The van der Waals surface area contributed by atoms with Crippen molar-refractivity contribution in [1.29, 1.82) is 0 Å². The zero-order valence-electron chi connectivity index (χ0n) is 12.7. The summed E-state index contributed by atoms with van der Waals surface area (Å²) in [5.74, 6) is -0.176. The molecule has 1 atom stereocenters. The van der Waals surface area contributed by atoms with Gasteiger partial charge in [-0.15, -0.1) is 0 Å². The largest absolute Gasteiger partial charge is 0.373 e. The molecule has 0 bridgehead atoms. The first kappa shape index (κ1) is 15.9. The van der Waals surface area contributed by atoms with Crippen molar-refractivity contribution < 1.29 is 4.39 Å². The van der Waals surface area contributed by atoms with Crippen LogP contribution in [0.1, 0.15) is 25.5 Å². The number of likely N-dealkylation sites (N-methyl/N-ethyl adjacent to an activating group) is 2. The van der Waals surface area contributed by atoms with Crippen molar-refractivity contribution in [3.8, 4) is 0 Å². The fourth-order valence-corrected chi connectivity index (χ4v) is 2.11. The third kappa shape index (κ3) is 4.80. The molecule has 1 rings (SSSR count). The summed E-state index contributed by atoms with van der Waals surface area (Å²) in [7, 11) is 6.17. The van der Waals surface area contributed by atoms with Crippen molar-refractivity contribution in [3.05, 3.63) is 29.6 Å². The van der Waals surface area contributed by atoms with E-state index in [0.717, 1.165) is 30.9 Å². The summed E-state index contributed by atoms with van der Waals surface area (Å²) in [5.41, 5.74) is 2.11. The van der Waals surface area contributed by atoms with Crippen LogP contribution in [0.15, 0.2) is 18.2 Å². The summed E-state index contributed by atoms with van der Waals surface area (Å²) in [4.78, 5) is 4.33. The van der Waals surface area contributed by atoms with Crippen LogP contribution in [-0.4, -0.2) is 45.7 Å². The van der Waals surface area contributed by atoms with E-state index < -0.39 is 0 Å². The van der Waals surface area contributed by atoms with Gasteiger partial charge in [-0.3, -0.25) is 0 Å². The Bertz CT molecular complexity index is 393. The van der Waals surface area contributed by atoms with Crippen molar-refractivity contribution in [3.63, 3.8) is 0 Å². The molecule has 1 aromatic carbocycles. The van der Waals surface area contributed by atoms with E-state index in [1.54, 1.807) is 6.07 Å². The molecule has 0 heterocycles. The first-order valence-electron chi connectivity index (χ1n) is 6.84. The van der Waals surface area contributed by atoms with Gasteiger partial charge < -0.3 is 15.1 Å². The minimum Gasteiger partial charge on any atom is -0.373 e. The maximum absolute atomic E-state index is 13.5. The van der Waals surface area contributed by atoms with E-state index >= 15 is 0 Å². The summed E-state index contributed by atoms with van der Waals surface area (Å²) in [5, 5.41) is 3.35. The fraction of sp³-hybridized carbons (Fsp3) is 0.600. The Hall–Kier alpha value is -1.13. The molecule has 0 aliphatic rings. The molecule has 4 heteroatoms. The zero-order valence-corrected chi connectivity index (χ0v) is 12.7. The summed E-state index contributed by atoms with van der Waals surface area (Å²) < 4.78 is 13.5. The van der Waals surface area contributed by atoms with E-state index in [4.69, 9.17) is 0 Å². The van der Waals surface area contributed by atoms with Gasteiger partial charge in [0.1, 0.15) is 5.82 Å². The predicted octanol–water partition coefficient (Wildman–Crippen LogP) is 2.49. The molecular formula is C15H26FN3. The number of hydrogen-bond acceptors (Lipinski definition) is 3. The van der Waals surface area contributed by atoms with E-state index in [-0.39, 0.29) is 11.9 Å². The average molecular weight is 267 g/mol. The quantitative estimate of drug-likeness (QED) is 0.819. The lowest BCUT2D eigenvalue weighted by molar-refractivity contribution is 0.416. The Morgan fingerprint density at radius 2 is 1.89 bits per heavy atom. The van der Waals surface area contributed by atoms with Crippen molar-refractivity contribution in [2.45, 2.75) is 19.9 Å². The molecule has 1 unspecified atom stereocenters. The highest BCUT2D eigenvalue weighted by atomic mass is 19.1. The molecule has 0 saturated carbocycles. The van der Waals surface area contributed by atoms with Crippen molar-refractivity contribution in [2.24, 2.45) is 0 Å². The van der Waals surface area contributed by atoms with Crippen LogP contribution in [0, 0.1) is 5.82 Å². The molecule has 0 amide bonds. The molecule has 0 aliphatic heterocycles. The molecule has 0 radical (unpaired) electrons. The minimum absolute atomic E-state index is 0.150. The van der Waals surface area contributed by atoms with Gasteiger partial charge in [0.25, 0.3) is 0 Å². The summed E-state index contributed by atoms with van der Waals surface area (Å²) in [6.07, 6.45) is 0. The van der Waals surface area contributed by atoms with E-state index in [1.165, 1.54) is 6.07 Å². The maximum Gasteiger partial charge on any atom is 0.123 e. The Morgan fingerprint density at radius 1 is 1.21 bits per heavy atom. The van der Waals surface area contributed by atoms with E-state index in [9.17, 15) is 4.39 Å². The molecule has 0 saturated heterocycles. The van der Waals surface area contributed by atoms with Crippen LogP contribution in [0.25, 0.3) is 0 Å². The summed E-state index contributed by atoms with van der Waals surface area (Å²) in [6, 6.07) is 5.18. The first-order valence-corrected chi connectivity index (χ1v) is 6.84. The number of nitrogens with zero attached hydrogens (tertiary/aromatic N) is 2. The fourth-order valence-electron chi connectivity index (χ4n) is 2.11. The van der Waals surface area contributed by atoms with Crippen molar-refractivity contribution >= 4 is 5.69 Å². The number of benzene rings is 1. The van der Waals surface area contributed by atoms with Gasteiger partial charge in [0, 0.05) is 31.9 Å². The number of rotatable bonds is 7. The number of halogens is 1. The van der Waals surface area contributed by atoms with Crippen LogP contribution in [0.2, 0.25) is 0 Å². The third-order valence-electron chi connectivity index (χ3n) is 3.26. The maximum atomic E-state index is 13.5. The Labute approximate surface area is 116 Å². The number of hydrogen-bond donors (Lipinski definition) is 1. The smallest absolute Gasteiger partial charge is 0.123 e. The Morgan fingerprint density at radius 3 is 2.47 bits per heavy atom. The van der Waals surface area contributed by atoms with Gasteiger partial charge in [0.2, 0.25) is 0 Å². The van der Waals surface area contributed by atoms with Gasteiger partial charge >= 0.3 is 0 Å². The number of anilines is 1. The van der Waals surface area contributed by atoms with Gasteiger partial charge in [-0.1, -0.05) is 6.92 Å². The van der Waals surface area contributed by atoms with Crippen LogP contribution in [0.4, 0.5) is 10.1 Å². The molecule has 0 fully saturated rings. The lowest BCUT2D eigenvalue weighted by Gasteiger charge is -2.26. The van der Waals surface area contributed by atoms with Crippen LogP contribution >= 0.6 is 0 Å². The minimum atomic E-state index is -0.176. The molecule has 0 aromatic heterocycles. The predicted molar refractivity (Wildman–Crippen MR) is 80.3 cm³/mol. The first-order chi connectivity index (χ1) is 8.95. The van der Waals surface area contributed by atoms with E-state index in [2.05, 4.69) is 50.1 Å². The normalized spacial score (nSPS) is 12.8. The van der Waals surface area contributed by atoms with Gasteiger partial charge in [-0.05, 0) is 51.3 Å². The summed E-state index contributed by atoms with van der Waals surface area (Å²) >= 11 is 0. The molecule has 1 aromatic rings. The van der Waals surface area contributed by atoms with Crippen LogP contribution in [0.3, 0.4) is 0 Å². The molecule has 0 aliphatic carbocycles. The molecular weight excluding hydrogens is 241 g/mol. The van der Waals surface area contributed by atoms with Crippen molar-refractivity contribution in [1.82, 2.24) is 10.2 Å². The van der Waals surface area contributed by atoms with Gasteiger partial charge in [0.15, 0.2) is 0 Å². The standard InChI is InChI=1S/C15H26FN3/c1-6-17-12(2)14-11-13(16)7-8-15(14)19(5)10-9-18(3)4/h7-8,11-12,17H,6,9-10H2,1-5H3. The highest BCUT2D eigenvalue weighted by molar-refractivity contribution is 5.54. The molecule has 0 spiro atoms. The lowest BCUT2D eigenvalue weighted by Crippen LogP contribution is -2.30. The third-order valence-corrected chi connectivity index (χ3v) is 3.26. The Balaban J connectivity index is 2.92. The van der Waals surface area contributed by atoms with E-state index in [0.29, 0.717) is 0 Å². The van der Waals surface area contributed by atoms with Crippen molar-refractivity contribution in [2.75, 3.05) is 45.7 Å². The van der Waals surface area contributed by atoms with Gasteiger partial charge in [0.05, 0.1) is 0 Å². The van der Waals surface area contributed by atoms with E-state index in [1.807, 2.05) is 6.07 Å². The molecule has 1 N–H and O–H groups in total. The second kappa shape index (κ2) is 7.46. The van der Waals surface area contributed by atoms with Crippen LogP contribution in [0.5, 0.6) is 0 Å². The highest BCUT2D eigenvalue weighted by Gasteiger charge is 2.14. The molecule has 19 heavy (non-hydrogen) atoms. The van der Waals surface area contributed by atoms with Gasteiger partial charge in [-0.25, -0.2) is 4.39 Å². The average Bonchev–Trinajstić information content (AvgIpc) is 2.36. The summed E-state index contributed by atoms with van der Waals surface area (Å²) in [6.45, 7) is 6.90. The second-order valence-electron chi connectivity index (χ2n) is 5.21. The highest BCUT2D eigenvalue weighted by Crippen LogP contribution is 2.26. The number of nitrogens with one attached hydrogen (secondary N) is 1. The second-order valence-corrected chi connectivity index (χ2v) is 5.21. The zero-order chi connectivity index (χ0) is 14.4. The lowest BCUT2D eigenvalue weighted by atomic mass is 10.0. The Kier molecular flexibility index (Phi) is 6.25. The monoisotopic (exact) mass is 267 g/mol. The molecule has 3 nitrogen and oxygen atoms in total. The topological polar surface area (TPSA) is 18.5 Å². The SMILES string of the molecule is CCNC(C)c1cc(F)ccc1N(C)CCN(C)C. The van der Waals surface area contributed by atoms with Crippen LogP contribution in [-0.2, 0) is 0 Å².